The molecule has 0 saturated heterocycles. The van der Waals surface area contributed by atoms with Crippen molar-refractivity contribution >= 4 is 12.1 Å². The number of rotatable bonds is 6. The first-order valence-electron chi connectivity index (χ1n) is 5.13. The quantitative estimate of drug-likeness (QED) is 0.704. The van der Waals surface area contributed by atoms with Gasteiger partial charge >= 0.3 is 12.1 Å². The fourth-order valence-electron chi connectivity index (χ4n) is 1.23. The van der Waals surface area contributed by atoms with Crippen LogP contribution < -0.4 is 0 Å². The molecule has 5 heteroatoms. The molecule has 0 fully saturated rings. The van der Waals surface area contributed by atoms with Crippen molar-refractivity contribution in [2.75, 3.05) is 13.7 Å². The fourth-order valence-corrected chi connectivity index (χ4v) is 1.23. The minimum Gasteiger partial charge on any atom is -0.480 e. The predicted octanol–water partition coefficient (Wildman–Crippen LogP) is 1.74. The standard InChI is InChI=1S/C11H19NO4/c1-5-6-16-11(15)12(4)9(10(13)14)7-8(2)3/h5,8-9H,1,6-7H2,2-4H3,(H,13,14). The van der Waals surface area contributed by atoms with E-state index in [0.29, 0.717) is 6.42 Å². The maximum Gasteiger partial charge on any atom is 0.410 e. The van der Waals surface area contributed by atoms with E-state index in [1.807, 2.05) is 13.8 Å². The van der Waals surface area contributed by atoms with Gasteiger partial charge in [0.15, 0.2) is 0 Å². The van der Waals surface area contributed by atoms with Gasteiger partial charge < -0.3 is 9.84 Å². The molecule has 1 amide bonds. The Kier molecular flexibility index (Phi) is 6.22. The third-order valence-corrected chi connectivity index (χ3v) is 2.06. The van der Waals surface area contributed by atoms with Gasteiger partial charge in [-0.3, -0.25) is 4.90 Å². The molecule has 0 aromatic rings. The molecule has 0 aliphatic carbocycles. The summed E-state index contributed by atoms with van der Waals surface area (Å²) in [6.45, 7) is 7.29. The number of carbonyl (C=O) groups excluding carboxylic acids is 1. The SMILES string of the molecule is C=CCOC(=O)N(C)C(CC(C)C)C(=O)O. The molecule has 0 aromatic heterocycles. The zero-order valence-electron chi connectivity index (χ0n) is 9.97. The third kappa shape index (κ3) is 4.82. The number of ether oxygens (including phenoxy) is 1. The van der Waals surface area contributed by atoms with Gasteiger partial charge in [-0.2, -0.15) is 0 Å². The molecular weight excluding hydrogens is 210 g/mol. The summed E-state index contributed by atoms with van der Waals surface area (Å²) >= 11 is 0. The van der Waals surface area contributed by atoms with Crippen molar-refractivity contribution in [1.29, 1.82) is 0 Å². The zero-order valence-corrected chi connectivity index (χ0v) is 9.97. The van der Waals surface area contributed by atoms with Crippen molar-refractivity contribution < 1.29 is 19.4 Å². The number of amides is 1. The summed E-state index contributed by atoms with van der Waals surface area (Å²) in [4.78, 5) is 23.5. The fraction of sp³-hybridized carbons (Fsp3) is 0.636. The average molecular weight is 229 g/mol. The van der Waals surface area contributed by atoms with E-state index in [9.17, 15) is 9.59 Å². The van der Waals surface area contributed by atoms with Crippen LogP contribution >= 0.6 is 0 Å². The molecule has 16 heavy (non-hydrogen) atoms. The minimum absolute atomic E-state index is 0.0805. The second kappa shape index (κ2) is 6.87. The summed E-state index contributed by atoms with van der Waals surface area (Å²) < 4.78 is 4.77. The van der Waals surface area contributed by atoms with E-state index in [4.69, 9.17) is 9.84 Å². The molecule has 0 heterocycles. The smallest absolute Gasteiger partial charge is 0.410 e. The van der Waals surface area contributed by atoms with E-state index in [0.717, 1.165) is 4.90 Å². The van der Waals surface area contributed by atoms with Crippen molar-refractivity contribution in [3.8, 4) is 0 Å². The first-order chi connectivity index (χ1) is 7.40. The van der Waals surface area contributed by atoms with Crippen molar-refractivity contribution in [2.24, 2.45) is 5.92 Å². The van der Waals surface area contributed by atoms with E-state index in [1.54, 1.807) is 0 Å². The maximum atomic E-state index is 11.4. The molecule has 0 aliphatic rings. The van der Waals surface area contributed by atoms with Crippen molar-refractivity contribution in [1.82, 2.24) is 4.90 Å². The molecule has 0 aliphatic heterocycles. The van der Waals surface area contributed by atoms with Gasteiger partial charge in [-0.05, 0) is 12.3 Å². The molecule has 1 atom stereocenters. The van der Waals surface area contributed by atoms with E-state index >= 15 is 0 Å². The number of carboxylic acids is 1. The largest absolute Gasteiger partial charge is 0.480 e. The van der Waals surface area contributed by atoms with Gasteiger partial charge in [0.05, 0.1) is 0 Å². The predicted molar refractivity (Wildman–Crippen MR) is 60.2 cm³/mol. The number of carboxylic acid groups (broad SMARTS) is 1. The average Bonchev–Trinajstić information content (AvgIpc) is 2.20. The summed E-state index contributed by atoms with van der Waals surface area (Å²) in [7, 11) is 1.42. The third-order valence-electron chi connectivity index (χ3n) is 2.06. The Balaban J connectivity index is 4.47. The molecule has 1 unspecified atom stereocenters. The van der Waals surface area contributed by atoms with Crippen molar-refractivity contribution in [3.63, 3.8) is 0 Å². The molecule has 0 rings (SSSR count). The van der Waals surface area contributed by atoms with Crippen LogP contribution in [0.4, 0.5) is 4.79 Å². The van der Waals surface area contributed by atoms with Gasteiger partial charge in [0, 0.05) is 7.05 Å². The number of nitrogens with zero attached hydrogens (tertiary/aromatic N) is 1. The summed E-state index contributed by atoms with van der Waals surface area (Å²) in [5.41, 5.74) is 0. The lowest BCUT2D eigenvalue weighted by Gasteiger charge is -2.25. The van der Waals surface area contributed by atoms with Crippen LogP contribution in [-0.2, 0) is 9.53 Å². The van der Waals surface area contributed by atoms with Crippen LogP contribution in [0.5, 0.6) is 0 Å². The highest BCUT2D eigenvalue weighted by Crippen LogP contribution is 2.11. The number of hydrogen-bond donors (Lipinski definition) is 1. The molecular formula is C11H19NO4. The topological polar surface area (TPSA) is 66.8 Å². The van der Waals surface area contributed by atoms with E-state index < -0.39 is 18.1 Å². The molecule has 5 nitrogen and oxygen atoms in total. The highest BCUT2D eigenvalue weighted by molar-refractivity contribution is 5.79. The second-order valence-corrected chi connectivity index (χ2v) is 3.96. The van der Waals surface area contributed by atoms with E-state index in [1.165, 1.54) is 13.1 Å². The normalized spacial score (nSPS) is 12.0. The van der Waals surface area contributed by atoms with Gasteiger partial charge in [0.2, 0.25) is 0 Å². The van der Waals surface area contributed by atoms with Crippen molar-refractivity contribution in [3.05, 3.63) is 12.7 Å². The van der Waals surface area contributed by atoms with Crippen LogP contribution in [0.2, 0.25) is 0 Å². The summed E-state index contributed by atoms with van der Waals surface area (Å²) in [5, 5.41) is 9.00. The lowest BCUT2D eigenvalue weighted by molar-refractivity contribution is -0.142. The summed E-state index contributed by atoms with van der Waals surface area (Å²) in [5.74, 6) is -0.831. The lowest BCUT2D eigenvalue weighted by atomic mass is 10.0. The number of carbonyl (C=O) groups is 2. The summed E-state index contributed by atoms with van der Waals surface area (Å²) in [6, 6.07) is -0.850. The van der Waals surface area contributed by atoms with Crippen LogP contribution in [0.3, 0.4) is 0 Å². The molecule has 92 valence electrons. The van der Waals surface area contributed by atoms with Crippen molar-refractivity contribution in [2.45, 2.75) is 26.3 Å². The molecule has 0 radical (unpaired) electrons. The number of hydrogen-bond acceptors (Lipinski definition) is 3. The monoisotopic (exact) mass is 229 g/mol. The van der Waals surface area contributed by atoms with Crippen LogP contribution in [0.25, 0.3) is 0 Å². The van der Waals surface area contributed by atoms with Crippen LogP contribution in [0, 0.1) is 5.92 Å². The minimum atomic E-state index is -1.02. The lowest BCUT2D eigenvalue weighted by Crippen LogP contribution is -2.43. The molecule has 0 aromatic carbocycles. The van der Waals surface area contributed by atoms with Gasteiger partial charge in [-0.15, -0.1) is 0 Å². The number of aliphatic carboxylic acids is 1. The Hall–Kier alpha value is -1.52. The van der Waals surface area contributed by atoms with Gasteiger partial charge in [0.1, 0.15) is 12.6 Å². The molecule has 1 N–H and O–H groups in total. The van der Waals surface area contributed by atoms with Crippen LogP contribution in [0.1, 0.15) is 20.3 Å². The van der Waals surface area contributed by atoms with Gasteiger partial charge in [-0.25, -0.2) is 9.59 Å². The first-order valence-corrected chi connectivity index (χ1v) is 5.13. The highest BCUT2D eigenvalue weighted by Gasteiger charge is 2.27. The van der Waals surface area contributed by atoms with Crippen LogP contribution in [-0.4, -0.2) is 41.8 Å². The number of likely N-dealkylation sites (N-methyl/N-ethyl adjacent to an activating group) is 1. The van der Waals surface area contributed by atoms with E-state index in [-0.39, 0.29) is 12.5 Å². The summed E-state index contributed by atoms with van der Waals surface area (Å²) in [6.07, 6.45) is 1.19. The highest BCUT2D eigenvalue weighted by atomic mass is 16.6. The molecule has 0 spiro atoms. The second-order valence-electron chi connectivity index (χ2n) is 3.96. The van der Waals surface area contributed by atoms with Gasteiger partial charge in [0.25, 0.3) is 0 Å². The Bertz CT molecular complexity index is 263. The Morgan fingerprint density at radius 3 is 2.44 bits per heavy atom. The molecule has 0 bridgehead atoms. The Morgan fingerprint density at radius 2 is 2.06 bits per heavy atom. The molecule has 0 saturated carbocycles. The van der Waals surface area contributed by atoms with Gasteiger partial charge in [-0.1, -0.05) is 26.5 Å². The van der Waals surface area contributed by atoms with Crippen LogP contribution in [0.15, 0.2) is 12.7 Å². The Morgan fingerprint density at radius 1 is 1.50 bits per heavy atom. The zero-order chi connectivity index (χ0) is 12.7. The Labute approximate surface area is 95.7 Å². The maximum absolute atomic E-state index is 11.4. The first kappa shape index (κ1) is 14.5. The van der Waals surface area contributed by atoms with E-state index in [2.05, 4.69) is 6.58 Å².